The van der Waals surface area contributed by atoms with Crippen LogP contribution < -0.4 is 5.32 Å². The second-order valence-electron chi connectivity index (χ2n) is 6.01. The topological polar surface area (TPSA) is 29.1 Å². The number of nitrogens with one attached hydrogen (secondary N) is 1. The van der Waals surface area contributed by atoms with Crippen molar-refractivity contribution in [2.45, 2.75) is 96.8 Å². The van der Waals surface area contributed by atoms with E-state index in [1.165, 1.54) is 77.0 Å². The third kappa shape index (κ3) is 17.2. The lowest BCUT2D eigenvalue weighted by atomic mass is 10.1. The highest BCUT2D eigenvalue weighted by Gasteiger charge is 1.97. The lowest BCUT2D eigenvalue weighted by Crippen LogP contribution is -2.16. The van der Waals surface area contributed by atoms with Crippen molar-refractivity contribution < 1.29 is 4.79 Å². The molecule has 21 heavy (non-hydrogen) atoms. The Kier molecular flexibility index (Phi) is 16.6. The summed E-state index contributed by atoms with van der Waals surface area (Å²) < 4.78 is 0. The zero-order chi connectivity index (χ0) is 15.6. The standard InChI is InChI=1S/C19H37NO/c1-3-4-5-6-7-8-9-10-11-12-13-14-15-16-17-18-19(21)20-2/h8-9H,3-7,10-18H2,1-2H3,(H,20,21)/b9-8-. The Morgan fingerprint density at radius 2 is 1.24 bits per heavy atom. The van der Waals surface area contributed by atoms with Crippen LogP contribution in [0.1, 0.15) is 96.8 Å². The van der Waals surface area contributed by atoms with Gasteiger partial charge in [-0.1, -0.05) is 70.4 Å². The minimum Gasteiger partial charge on any atom is -0.359 e. The van der Waals surface area contributed by atoms with Crippen molar-refractivity contribution in [2.75, 3.05) is 7.05 Å². The first kappa shape index (κ1) is 20.2. The van der Waals surface area contributed by atoms with Gasteiger partial charge in [0, 0.05) is 13.5 Å². The number of hydrogen-bond donors (Lipinski definition) is 1. The minimum absolute atomic E-state index is 0.177. The third-order valence-electron chi connectivity index (χ3n) is 3.94. The van der Waals surface area contributed by atoms with E-state index in [1.54, 1.807) is 7.05 Å². The van der Waals surface area contributed by atoms with Gasteiger partial charge in [-0.2, -0.15) is 0 Å². The van der Waals surface area contributed by atoms with Gasteiger partial charge in [0.25, 0.3) is 0 Å². The summed E-state index contributed by atoms with van der Waals surface area (Å²) in [5.74, 6) is 0.177. The maximum absolute atomic E-state index is 11.0. The molecule has 0 aliphatic heterocycles. The smallest absolute Gasteiger partial charge is 0.219 e. The van der Waals surface area contributed by atoms with E-state index in [-0.39, 0.29) is 5.91 Å². The molecule has 0 aromatic carbocycles. The Morgan fingerprint density at radius 1 is 0.762 bits per heavy atom. The molecule has 0 saturated carbocycles. The van der Waals surface area contributed by atoms with E-state index in [4.69, 9.17) is 0 Å². The quantitative estimate of drug-likeness (QED) is 0.301. The molecule has 1 amide bonds. The Hall–Kier alpha value is -0.790. The maximum atomic E-state index is 11.0. The summed E-state index contributed by atoms with van der Waals surface area (Å²) in [6.45, 7) is 2.26. The first-order valence-electron chi connectivity index (χ1n) is 9.16. The molecule has 0 rings (SSSR count). The molecule has 0 fully saturated rings. The fourth-order valence-electron chi connectivity index (χ4n) is 2.48. The molecule has 1 N–H and O–H groups in total. The summed E-state index contributed by atoms with van der Waals surface area (Å²) in [4.78, 5) is 11.0. The molecule has 0 spiro atoms. The Labute approximate surface area is 132 Å². The molecule has 2 heteroatoms. The summed E-state index contributed by atoms with van der Waals surface area (Å²) in [5, 5.41) is 2.67. The fraction of sp³-hybridized carbons (Fsp3) is 0.842. The van der Waals surface area contributed by atoms with Gasteiger partial charge in [-0.3, -0.25) is 4.79 Å². The number of carbonyl (C=O) groups is 1. The highest BCUT2D eigenvalue weighted by molar-refractivity contribution is 5.75. The van der Waals surface area contributed by atoms with E-state index in [0.717, 1.165) is 6.42 Å². The van der Waals surface area contributed by atoms with E-state index < -0.39 is 0 Å². The molecule has 0 aliphatic carbocycles. The van der Waals surface area contributed by atoms with Gasteiger partial charge in [0.05, 0.1) is 0 Å². The number of rotatable bonds is 15. The van der Waals surface area contributed by atoms with Crippen molar-refractivity contribution in [3.63, 3.8) is 0 Å². The average molecular weight is 296 g/mol. The highest BCUT2D eigenvalue weighted by atomic mass is 16.1. The zero-order valence-electron chi connectivity index (χ0n) is 14.5. The van der Waals surface area contributed by atoms with Gasteiger partial charge in [-0.15, -0.1) is 0 Å². The first-order chi connectivity index (χ1) is 10.3. The number of unbranched alkanes of at least 4 members (excludes halogenated alkanes) is 11. The monoisotopic (exact) mass is 295 g/mol. The van der Waals surface area contributed by atoms with Gasteiger partial charge in [0.1, 0.15) is 0 Å². The molecule has 0 radical (unpaired) electrons. The van der Waals surface area contributed by atoms with Crippen molar-refractivity contribution in [3.8, 4) is 0 Å². The summed E-state index contributed by atoms with van der Waals surface area (Å²) in [6, 6.07) is 0. The molecule has 2 nitrogen and oxygen atoms in total. The number of allylic oxidation sites excluding steroid dienone is 2. The van der Waals surface area contributed by atoms with Crippen LogP contribution in [0.2, 0.25) is 0 Å². The minimum atomic E-state index is 0.177. The van der Waals surface area contributed by atoms with Gasteiger partial charge in [0.15, 0.2) is 0 Å². The van der Waals surface area contributed by atoms with Crippen LogP contribution in [0.5, 0.6) is 0 Å². The summed E-state index contributed by atoms with van der Waals surface area (Å²) >= 11 is 0. The van der Waals surface area contributed by atoms with Crippen molar-refractivity contribution >= 4 is 5.91 Å². The highest BCUT2D eigenvalue weighted by Crippen LogP contribution is 2.10. The number of hydrogen-bond acceptors (Lipinski definition) is 1. The van der Waals surface area contributed by atoms with E-state index in [9.17, 15) is 4.79 Å². The van der Waals surface area contributed by atoms with Crippen LogP contribution in [0.3, 0.4) is 0 Å². The van der Waals surface area contributed by atoms with Gasteiger partial charge in [-0.25, -0.2) is 0 Å². The van der Waals surface area contributed by atoms with Gasteiger partial charge in [0.2, 0.25) is 5.91 Å². The van der Waals surface area contributed by atoms with Crippen LogP contribution in [0, 0.1) is 0 Å². The van der Waals surface area contributed by atoms with Crippen LogP contribution in [0.25, 0.3) is 0 Å². The normalized spacial score (nSPS) is 11.1. The summed E-state index contributed by atoms with van der Waals surface area (Å²) in [5.41, 5.74) is 0. The van der Waals surface area contributed by atoms with Gasteiger partial charge in [-0.05, 0) is 32.1 Å². The van der Waals surface area contributed by atoms with Gasteiger partial charge < -0.3 is 5.32 Å². The fourth-order valence-corrected chi connectivity index (χ4v) is 2.48. The third-order valence-corrected chi connectivity index (χ3v) is 3.94. The van der Waals surface area contributed by atoms with E-state index >= 15 is 0 Å². The van der Waals surface area contributed by atoms with Crippen molar-refractivity contribution in [2.24, 2.45) is 0 Å². The largest absolute Gasteiger partial charge is 0.359 e. The van der Waals surface area contributed by atoms with Crippen molar-refractivity contribution in [1.29, 1.82) is 0 Å². The summed E-state index contributed by atoms with van der Waals surface area (Å²) in [7, 11) is 1.71. The molecule has 0 heterocycles. The van der Waals surface area contributed by atoms with Crippen molar-refractivity contribution in [1.82, 2.24) is 5.32 Å². The maximum Gasteiger partial charge on any atom is 0.219 e. The molecule has 0 bridgehead atoms. The molecule has 0 aromatic rings. The van der Waals surface area contributed by atoms with E-state index in [0.29, 0.717) is 6.42 Å². The molecule has 0 unspecified atom stereocenters. The predicted molar refractivity (Wildman–Crippen MR) is 93.5 cm³/mol. The molecule has 0 aromatic heterocycles. The lowest BCUT2D eigenvalue weighted by Gasteiger charge is -2.01. The SMILES string of the molecule is CCCCCC/C=C\CCCCCCCCCC(=O)NC. The molecule has 0 saturated heterocycles. The summed E-state index contributed by atoms with van der Waals surface area (Å²) in [6.07, 6.45) is 22.3. The Balaban J connectivity index is 3.08. The van der Waals surface area contributed by atoms with E-state index in [1.807, 2.05) is 0 Å². The van der Waals surface area contributed by atoms with Gasteiger partial charge >= 0.3 is 0 Å². The zero-order valence-corrected chi connectivity index (χ0v) is 14.5. The Bertz CT molecular complexity index is 248. The lowest BCUT2D eigenvalue weighted by molar-refractivity contribution is -0.120. The molecular weight excluding hydrogens is 258 g/mol. The second-order valence-corrected chi connectivity index (χ2v) is 6.01. The van der Waals surface area contributed by atoms with Crippen LogP contribution in [0.4, 0.5) is 0 Å². The molecular formula is C19H37NO. The molecule has 124 valence electrons. The number of amides is 1. The predicted octanol–water partition coefficient (Wildman–Crippen LogP) is 5.77. The van der Waals surface area contributed by atoms with E-state index in [2.05, 4.69) is 24.4 Å². The molecule has 0 aliphatic rings. The van der Waals surface area contributed by atoms with Crippen LogP contribution >= 0.6 is 0 Å². The van der Waals surface area contributed by atoms with Crippen molar-refractivity contribution in [3.05, 3.63) is 12.2 Å². The van der Waals surface area contributed by atoms with Crippen LogP contribution in [-0.2, 0) is 4.79 Å². The van der Waals surface area contributed by atoms with Crippen LogP contribution in [-0.4, -0.2) is 13.0 Å². The molecule has 0 atom stereocenters. The number of carbonyl (C=O) groups excluding carboxylic acids is 1. The second kappa shape index (κ2) is 17.3. The Morgan fingerprint density at radius 3 is 1.76 bits per heavy atom. The first-order valence-corrected chi connectivity index (χ1v) is 9.16. The van der Waals surface area contributed by atoms with Crippen LogP contribution in [0.15, 0.2) is 12.2 Å². The average Bonchev–Trinajstić information content (AvgIpc) is 2.50.